The molecule has 0 aromatic heterocycles. The van der Waals surface area contributed by atoms with Crippen molar-refractivity contribution in [1.82, 2.24) is 10.2 Å². The molecule has 1 unspecified atom stereocenters. The fourth-order valence-corrected chi connectivity index (χ4v) is 4.37. The van der Waals surface area contributed by atoms with Gasteiger partial charge in [-0.25, -0.2) is 0 Å². The van der Waals surface area contributed by atoms with E-state index in [1.807, 2.05) is 6.07 Å². The number of benzene rings is 1. The maximum Gasteiger partial charge on any atom is 0.255 e. The number of nitrogens with zero attached hydrogens (tertiary/aromatic N) is 1. The molecular formula is C16H19ClN2O2. The number of hydrogen-bond donors (Lipinski definition) is 2. The zero-order valence-electron chi connectivity index (χ0n) is 12.0. The molecule has 1 aromatic carbocycles. The summed E-state index contributed by atoms with van der Waals surface area (Å²) in [6.07, 6.45) is 1.66. The number of nitrogens with one attached hydrogen (secondary N) is 1. The predicted molar refractivity (Wildman–Crippen MR) is 80.2 cm³/mol. The van der Waals surface area contributed by atoms with Crippen molar-refractivity contribution in [3.63, 3.8) is 0 Å². The van der Waals surface area contributed by atoms with Crippen LogP contribution in [0, 0.1) is 11.3 Å². The highest BCUT2D eigenvalue weighted by Gasteiger charge is 2.51. The summed E-state index contributed by atoms with van der Waals surface area (Å²) in [5.41, 5.74) is 2.82. The molecule has 3 aliphatic rings. The highest BCUT2D eigenvalue weighted by Crippen LogP contribution is 2.53. The Morgan fingerprint density at radius 2 is 2.14 bits per heavy atom. The van der Waals surface area contributed by atoms with Crippen molar-refractivity contribution in [2.24, 2.45) is 11.3 Å². The second-order valence-electron chi connectivity index (χ2n) is 6.87. The molecule has 1 spiro atoms. The minimum atomic E-state index is -0.485. The van der Waals surface area contributed by atoms with E-state index in [0.717, 1.165) is 37.1 Å². The van der Waals surface area contributed by atoms with Crippen LogP contribution >= 0.6 is 11.6 Å². The van der Waals surface area contributed by atoms with Gasteiger partial charge in [0.1, 0.15) is 0 Å². The molecule has 5 heteroatoms. The van der Waals surface area contributed by atoms with E-state index in [9.17, 15) is 9.90 Å². The van der Waals surface area contributed by atoms with Crippen molar-refractivity contribution in [3.8, 4) is 0 Å². The zero-order valence-corrected chi connectivity index (χ0v) is 12.8. The second-order valence-corrected chi connectivity index (χ2v) is 7.28. The summed E-state index contributed by atoms with van der Waals surface area (Å²) < 4.78 is 0. The third kappa shape index (κ3) is 1.86. The van der Waals surface area contributed by atoms with Crippen molar-refractivity contribution < 1.29 is 9.90 Å². The number of fused-ring (bicyclic) bond motifs is 1. The molecule has 2 aliphatic heterocycles. The summed E-state index contributed by atoms with van der Waals surface area (Å²) in [4.78, 5) is 13.8. The Bertz CT molecular complexity index is 619. The van der Waals surface area contributed by atoms with E-state index in [0.29, 0.717) is 28.5 Å². The van der Waals surface area contributed by atoms with E-state index >= 15 is 0 Å². The normalized spacial score (nSPS) is 24.7. The van der Waals surface area contributed by atoms with Gasteiger partial charge in [0.2, 0.25) is 0 Å². The summed E-state index contributed by atoms with van der Waals surface area (Å²) >= 11 is 6.17. The van der Waals surface area contributed by atoms with Gasteiger partial charge in [0.05, 0.1) is 16.7 Å². The molecule has 2 heterocycles. The molecule has 112 valence electrons. The Morgan fingerprint density at radius 3 is 2.76 bits per heavy atom. The van der Waals surface area contributed by atoms with Crippen LogP contribution in [0.25, 0.3) is 0 Å². The van der Waals surface area contributed by atoms with Crippen LogP contribution in [0.1, 0.15) is 40.4 Å². The van der Waals surface area contributed by atoms with E-state index in [4.69, 9.17) is 11.6 Å². The number of hydrogen-bond acceptors (Lipinski definition) is 3. The van der Waals surface area contributed by atoms with Crippen LogP contribution in [-0.2, 0) is 6.54 Å². The Morgan fingerprint density at radius 1 is 1.43 bits per heavy atom. The van der Waals surface area contributed by atoms with Gasteiger partial charge in [0, 0.05) is 26.7 Å². The number of aliphatic hydroxyl groups is 1. The van der Waals surface area contributed by atoms with Crippen molar-refractivity contribution >= 4 is 17.5 Å². The van der Waals surface area contributed by atoms with Gasteiger partial charge in [-0.15, -0.1) is 0 Å². The molecule has 1 atom stereocenters. The fourth-order valence-electron chi connectivity index (χ4n) is 4.11. The maximum absolute atomic E-state index is 12.2. The lowest BCUT2D eigenvalue weighted by molar-refractivity contribution is -0.0644. The molecule has 1 aromatic rings. The molecule has 1 amide bonds. The maximum atomic E-state index is 12.2. The first kappa shape index (κ1) is 13.6. The zero-order chi connectivity index (χ0) is 14.8. The van der Waals surface area contributed by atoms with Crippen LogP contribution in [0.15, 0.2) is 12.1 Å². The van der Waals surface area contributed by atoms with Crippen LogP contribution in [0.3, 0.4) is 0 Å². The monoisotopic (exact) mass is 306 g/mol. The smallest absolute Gasteiger partial charge is 0.255 e. The quantitative estimate of drug-likeness (QED) is 0.878. The standard InChI is InChI=1S/C16H19ClN2O2/c1-19-6-11-10(2-3-12(17)13(11)15(19)21)14(20)9-4-16(5-9)7-18-8-16/h2-3,9,14,18,20H,4-8H2,1H3. The van der Waals surface area contributed by atoms with Gasteiger partial charge in [-0.05, 0) is 41.4 Å². The van der Waals surface area contributed by atoms with Gasteiger partial charge >= 0.3 is 0 Å². The fraction of sp³-hybridized carbons (Fsp3) is 0.562. The van der Waals surface area contributed by atoms with Crippen LogP contribution in [0.5, 0.6) is 0 Å². The lowest BCUT2D eigenvalue weighted by atomic mass is 9.56. The summed E-state index contributed by atoms with van der Waals surface area (Å²) in [6, 6.07) is 3.64. The van der Waals surface area contributed by atoms with E-state index < -0.39 is 6.10 Å². The molecule has 0 radical (unpaired) electrons. The Hall–Kier alpha value is -1.10. The second kappa shape index (κ2) is 4.45. The summed E-state index contributed by atoms with van der Waals surface area (Å²) in [5, 5.41) is 14.5. The molecule has 4 rings (SSSR count). The number of halogens is 1. The SMILES string of the molecule is CN1Cc2c(C(O)C3CC4(CNC4)C3)ccc(Cl)c2C1=O. The average Bonchev–Trinajstić information content (AvgIpc) is 2.63. The molecule has 1 aliphatic carbocycles. The topological polar surface area (TPSA) is 52.6 Å². The molecular weight excluding hydrogens is 288 g/mol. The highest BCUT2D eigenvalue weighted by molar-refractivity contribution is 6.34. The van der Waals surface area contributed by atoms with Crippen molar-refractivity contribution in [2.45, 2.75) is 25.5 Å². The van der Waals surface area contributed by atoms with Crippen LogP contribution in [0.2, 0.25) is 5.02 Å². The molecule has 2 N–H and O–H groups in total. The van der Waals surface area contributed by atoms with E-state index in [-0.39, 0.29) is 5.91 Å². The van der Waals surface area contributed by atoms with Crippen LogP contribution in [0.4, 0.5) is 0 Å². The van der Waals surface area contributed by atoms with Gasteiger partial charge in [-0.2, -0.15) is 0 Å². The predicted octanol–water partition coefficient (Wildman–Crippen LogP) is 1.96. The molecule has 2 fully saturated rings. The number of aliphatic hydroxyl groups excluding tert-OH is 1. The number of rotatable bonds is 2. The number of amides is 1. The van der Waals surface area contributed by atoms with Gasteiger partial charge in [-0.1, -0.05) is 17.7 Å². The summed E-state index contributed by atoms with van der Waals surface area (Å²) in [7, 11) is 1.77. The number of carbonyl (C=O) groups excluding carboxylic acids is 1. The van der Waals surface area contributed by atoms with Gasteiger partial charge in [-0.3, -0.25) is 4.79 Å². The van der Waals surface area contributed by atoms with Gasteiger partial charge < -0.3 is 15.3 Å². The van der Waals surface area contributed by atoms with E-state index in [2.05, 4.69) is 5.32 Å². The Kier molecular flexibility index (Phi) is 2.87. The van der Waals surface area contributed by atoms with Crippen molar-refractivity contribution in [2.75, 3.05) is 20.1 Å². The summed E-state index contributed by atoms with van der Waals surface area (Å²) in [5.74, 6) is 0.260. The van der Waals surface area contributed by atoms with E-state index in [1.165, 1.54) is 0 Å². The van der Waals surface area contributed by atoms with Crippen molar-refractivity contribution in [3.05, 3.63) is 33.8 Å². The minimum Gasteiger partial charge on any atom is -0.388 e. The lowest BCUT2D eigenvalue weighted by Gasteiger charge is -2.55. The van der Waals surface area contributed by atoms with Gasteiger partial charge in [0.15, 0.2) is 0 Å². The first-order valence-corrected chi connectivity index (χ1v) is 7.84. The van der Waals surface area contributed by atoms with Crippen LogP contribution < -0.4 is 5.32 Å². The minimum absolute atomic E-state index is 0.0441. The molecule has 0 bridgehead atoms. The first-order valence-electron chi connectivity index (χ1n) is 7.46. The van der Waals surface area contributed by atoms with Crippen LogP contribution in [-0.4, -0.2) is 36.1 Å². The average molecular weight is 307 g/mol. The first-order chi connectivity index (χ1) is 10.0. The summed E-state index contributed by atoms with van der Waals surface area (Å²) in [6.45, 7) is 2.70. The lowest BCUT2D eigenvalue weighted by Crippen LogP contribution is -2.61. The van der Waals surface area contributed by atoms with Crippen molar-refractivity contribution in [1.29, 1.82) is 0 Å². The molecule has 4 nitrogen and oxygen atoms in total. The molecule has 1 saturated heterocycles. The van der Waals surface area contributed by atoms with E-state index in [1.54, 1.807) is 18.0 Å². The Balaban J connectivity index is 1.63. The largest absolute Gasteiger partial charge is 0.388 e. The third-order valence-electron chi connectivity index (χ3n) is 5.41. The Labute approximate surface area is 129 Å². The number of carbonyl (C=O) groups is 1. The highest BCUT2D eigenvalue weighted by atomic mass is 35.5. The third-order valence-corrected chi connectivity index (χ3v) is 5.72. The molecule has 21 heavy (non-hydrogen) atoms. The molecule has 1 saturated carbocycles. The van der Waals surface area contributed by atoms with Gasteiger partial charge in [0.25, 0.3) is 5.91 Å².